The molecule has 0 atom stereocenters. The average molecular weight is 303 g/mol. The molecule has 4 heteroatoms. The smallest absolute Gasteiger partial charge is 0.164 e. The molecule has 3 rings (SSSR count). The number of halogens is 1. The van der Waals surface area contributed by atoms with E-state index in [4.69, 9.17) is 16.3 Å². The molecule has 1 aromatic heterocycles. The zero-order valence-corrected chi connectivity index (χ0v) is 13.4. The molecule has 2 aromatic rings. The molecule has 1 aromatic carbocycles. The zero-order valence-electron chi connectivity index (χ0n) is 12.6. The molecule has 21 heavy (non-hydrogen) atoms. The van der Waals surface area contributed by atoms with Crippen molar-refractivity contribution in [2.24, 2.45) is 0 Å². The lowest BCUT2D eigenvalue weighted by molar-refractivity contribution is 0.139. The van der Waals surface area contributed by atoms with E-state index in [9.17, 15) is 0 Å². The Morgan fingerprint density at radius 1 is 1.29 bits per heavy atom. The number of nitrogens with zero attached hydrogens (tertiary/aromatic N) is 2. The Labute approximate surface area is 130 Å². The Kier molecular flexibility index (Phi) is 3.62. The Morgan fingerprint density at radius 2 is 2.10 bits per heavy atom. The topological polar surface area (TPSA) is 35.0 Å². The van der Waals surface area contributed by atoms with Gasteiger partial charge in [0, 0.05) is 12.1 Å². The number of hydrogen-bond donors (Lipinski definition) is 0. The van der Waals surface area contributed by atoms with Gasteiger partial charge < -0.3 is 4.74 Å². The minimum Gasteiger partial charge on any atom is -0.486 e. The fourth-order valence-corrected chi connectivity index (χ4v) is 2.97. The Hall–Kier alpha value is -1.61. The van der Waals surface area contributed by atoms with Gasteiger partial charge in [-0.1, -0.05) is 37.1 Å². The van der Waals surface area contributed by atoms with Gasteiger partial charge in [-0.3, -0.25) is 0 Å². The van der Waals surface area contributed by atoms with E-state index in [0.29, 0.717) is 11.0 Å². The average Bonchev–Trinajstić information content (AvgIpc) is 2.71. The van der Waals surface area contributed by atoms with Crippen LogP contribution in [0.3, 0.4) is 0 Å². The molecule has 0 amide bonds. The fourth-order valence-electron chi connectivity index (χ4n) is 2.76. The van der Waals surface area contributed by atoms with E-state index in [0.717, 1.165) is 36.3 Å². The highest BCUT2D eigenvalue weighted by molar-refractivity contribution is 6.29. The van der Waals surface area contributed by atoms with Crippen LogP contribution in [0.2, 0.25) is 5.15 Å². The summed E-state index contributed by atoms with van der Waals surface area (Å²) in [6, 6.07) is 7.97. The summed E-state index contributed by atoms with van der Waals surface area (Å²) in [6.07, 6.45) is 2.83. The molecule has 1 aliphatic rings. The highest BCUT2D eigenvalue weighted by atomic mass is 35.5. The van der Waals surface area contributed by atoms with Crippen molar-refractivity contribution in [3.63, 3.8) is 0 Å². The van der Waals surface area contributed by atoms with Crippen LogP contribution in [0.25, 0.3) is 11.4 Å². The van der Waals surface area contributed by atoms with Gasteiger partial charge in [0.25, 0.3) is 0 Å². The molecule has 0 radical (unpaired) electrons. The van der Waals surface area contributed by atoms with Gasteiger partial charge in [0.05, 0.1) is 5.56 Å². The molecule has 110 valence electrons. The van der Waals surface area contributed by atoms with Crippen molar-refractivity contribution in [2.75, 3.05) is 0 Å². The first-order valence-corrected chi connectivity index (χ1v) is 7.71. The van der Waals surface area contributed by atoms with Gasteiger partial charge in [-0.05, 0) is 38.0 Å². The summed E-state index contributed by atoms with van der Waals surface area (Å²) in [5.41, 5.74) is 2.93. The number of ether oxygens (including phenoxy) is 1. The summed E-state index contributed by atoms with van der Waals surface area (Å²) in [4.78, 5) is 9.03. The lowest BCUT2D eigenvalue weighted by Gasteiger charge is -2.18. The predicted molar refractivity (Wildman–Crippen MR) is 84.9 cm³/mol. The fraction of sp³-hybridized carbons (Fsp3) is 0.412. The molecule has 0 saturated heterocycles. The molecule has 0 aliphatic carbocycles. The van der Waals surface area contributed by atoms with Crippen molar-refractivity contribution >= 4 is 11.6 Å². The second-order valence-corrected chi connectivity index (χ2v) is 6.48. The lowest BCUT2D eigenvalue weighted by atomic mass is 10.0. The maximum Gasteiger partial charge on any atom is 0.164 e. The molecular weight excluding hydrogens is 284 g/mol. The normalized spacial score (nSPS) is 15.6. The second kappa shape index (κ2) is 5.30. The van der Waals surface area contributed by atoms with Crippen molar-refractivity contribution in [3.05, 3.63) is 40.7 Å². The largest absolute Gasteiger partial charge is 0.486 e. The molecule has 2 heterocycles. The molecule has 0 N–H and O–H groups in total. The molecule has 0 spiro atoms. The third-order valence-corrected chi connectivity index (χ3v) is 3.78. The zero-order chi connectivity index (χ0) is 15.0. The monoisotopic (exact) mass is 302 g/mol. The molecule has 0 unspecified atom stereocenters. The number of aryl methyl sites for hydroxylation is 1. The van der Waals surface area contributed by atoms with Crippen LogP contribution in [0.15, 0.2) is 24.3 Å². The van der Waals surface area contributed by atoms with Gasteiger partial charge in [-0.2, -0.15) is 0 Å². The van der Waals surface area contributed by atoms with Gasteiger partial charge in [0.15, 0.2) is 5.82 Å². The standard InChI is InChI=1S/C17H19ClN2O/c1-4-6-12-9-14(18)20-16(19-12)13-8-5-7-11-10-17(2,3)21-15(11)13/h5,7-9H,4,6,10H2,1-3H3. The molecule has 0 saturated carbocycles. The molecule has 3 nitrogen and oxygen atoms in total. The van der Waals surface area contributed by atoms with E-state index >= 15 is 0 Å². The van der Waals surface area contributed by atoms with Crippen LogP contribution in [0.4, 0.5) is 0 Å². The van der Waals surface area contributed by atoms with Crippen molar-refractivity contribution in [3.8, 4) is 17.1 Å². The van der Waals surface area contributed by atoms with Gasteiger partial charge in [-0.25, -0.2) is 9.97 Å². The van der Waals surface area contributed by atoms with Crippen LogP contribution < -0.4 is 4.74 Å². The van der Waals surface area contributed by atoms with E-state index in [1.165, 1.54) is 5.56 Å². The summed E-state index contributed by atoms with van der Waals surface area (Å²) in [6.45, 7) is 6.32. The Bertz CT molecular complexity index is 682. The second-order valence-electron chi connectivity index (χ2n) is 6.09. The number of aromatic nitrogens is 2. The first-order valence-electron chi connectivity index (χ1n) is 7.33. The van der Waals surface area contributed by atoms with Crippen LogP contribution in [0, 0.1) is 0 Å². The van der Waals surface area contributed by atoms with Crippen molar-refractivity contribution < 1.29 is 4.74 Å². The van der Waals surface area contributed by atoms with Gasteiger partial charge in [-0.15, -0.1) is 0 Å². The summed E-state index contributed by atoms with van der Waals surface area (Å²) >= 11 is 6.15. The third-order valence-electron chi connectivity index (χ3n) is 3.59. The quantitative estimate of drug-likeness (QED) is 0.785. The highest BCUT2D eigenvalue weighted by Gasteiger charge is 2.32. The van der Waals surface area contributed by atoms with Crippen LogP contribution >= 0.6 is 11.6 Å². The Morgan fingerprint density at radius 3 is 2.86 bits per heavy atom. The lowest BCUT2D eigenvalue weighted by Crippen LogP contribution is -2.24. The van der Waals surface area contributed by atoms with Crippen molar-refractivity contribution in [1.82, 2.24) is 9.97 Å². The summed E-state index contributed by atoms with van der Waals surface area (Å²) in [7, 11) is 0. The van der Waals surface area contributed by atoms with Gasteiger partial charge in [0.2, 0.25) is 0 Å². The van der Waals surface area contributed by atoms with E-state index in [-0.39, 0.29) is 5.60 Å². The van der Waals surface area contributed by atoms with E-state index in [1.54, 1.807) is 0 Å². The summed E-state index contributed by atoms with van der Waals surface area (Å²) in [5.74, 6) is 1.55. The van der Waals surface area contributed by atoms with Crippen LogP contribution in [0.5, 0.6) is 5.75 Å². The van der Waals surface area contributed by atoms with E-state index < -0.39 is 0 Å². The maximum atomic E-state index is 6.15. The highest BCUT2D eigenvalue weighted by Crippen LogP contribution is 2.41. The van der Waals surface area contributed by atoms with Crippen molar-refractivity contribution in [1.29, 1.82) is 0 Å². The number of benzene rings is 1. The van der Waals surface area contributed by atoms with Crippen LogP contribution in [-0.2, 0) is 12.8 Å². The summed E-state index contributed by atoms with van der Waals surface area (Å²) < 4.78 is 6.10. The predicted octanol–water partition coefficient (Wildman–Crippen LogP) is 4.46. The maximum absolute atomic E-state index is 6.15. The third kappa shape index (κ3) is 2.88. The first-order chi connectivity index (χ1) is 9.98. The SMILES string of the molecule is CCCc1cc(Cl)nc(-c2cccc3c2OC(C)(C)C3)n1. The number of hydrogen-bond acceptors (Lipinski definition) is 3. The minimum atomic E-state index is -0.177. The number of rotatable bonds is 3. The number of para-hydroxylation sites is 1. The van der Waals surface area contributed by atoms with Crippen molar-refractivity contribution in [2.45, 2.75) is 45.6 Å². The molecule has 1 aliphatic heterocycles. The van der Waals surface area contributed by atoms with E-state index in [2.05, 4.69) is 36.8 Å². The Balaban J connectivity index is 2.09. The van der Waals surface area contributed by atoms with Crippen LogP contribution in [-0.4, -0.2) is 15.6 Å². The van der Waals surface area contributed by atoms with Gasteiger partial charge in [0.1, 0.15) is 16.5 Å². The molecular formula is C17H19ClN2O. The van der Waals surface area contributed by atoms with Crippen LogP contribution in [0.1, 0.15) is 38.4 Å². The molecule has 0 fully saturated rings. The minimum absolute atomic E-state index is 0.177. The molecule has 0 bridgehead atoms. The summed E-state index contributed by atoms with van der Waals surface area (Å²) in [5, 5.41) is 0.485. The van der Waals surface area contributed by atoms with E-state index in [1.807, 2.05) is 18.2 Å². The van der Waals surface area contributed by atoms with Gasteiger partial charge >= 0.3 is 0 Å². The number of fused-ring (bicyclic) bond motifs is 1. The first kappa shape index (κ1) is 14.3.